The maximum Gasteiger partial charge on any atom is 0.163 e. The van der Waals surface area contributed by atoms with E-state index in [1.54, 1.807) is 12.3 Å². The predicted octanol–water partition coefficient (Wildman–Crippen LogP) is 4.57. The van der Waals surface area contributed by atoms with Crippen molar-refractivity contribution in [3.63, 3.8) is 0 Å². The maximum absolute atomic E-state index is 13.5. The second-order valence-corrected chi connectivity index (χ2v) is 7.91. The monoisotopic (exact) mass is 379 g/mol. The van der Waals surface area contributed by atoms with Gasteiger partial charge in [-0.2, -0.15) is 0 Å². The first-order valence-electron chi connectivity index (χ1n) is 8.64. The molecule has 2 aromatic carbocycles. The molecule has 0 spiro atoms. The van der Waals surface area contributed by atoms with Crippen LogP contribution in [0.25, 0.3) is 33.7 Å². The van der Waals surface area contributed by atoms with Crippen molar-refractivity contribution in [3.05, 3.63) is 66.6 Å². The van der Waals surface area contributed by atoms with Gasteiger partial charge in [-0.15, -0.1) is 0 Å². The number of fused-ring (bicyclic) bond motifs is 1. The molecule has 136 valence electrons. The van der Waals surface area contributed by atoms with E-state index >= 15 is 0 Å². The van der Waals surface area contributed by atoms with E-state index < -0.39 is 11.2 Å². The first-order chi connectivity index (χ1) is 13.1. The lowest BCUT2D eigenvalue weighted by Gasteiger charge is -2.12. The third kappa shape index (κ3) is 3.22. The lowest BCUT2D eigenvalue weighted by molar-refractivity contribution is 0.596. The van der Waals surface area contributed by atoms with E-state index in [4.69, 9.17) is 4.98 Å². The third-order valence-corrected chi connectivity index (χ3v) is 5.87. The zero-order chi connectivity index (χ0) is 19.0. The molecule has 0 saturated carbocycles. The summed E-state index contributed by atoms with van der Waals surface area (Å²) >= 11 is -1.08. The van der Waals surface area contributed by atoms with Gasteiger partial charge in [-0.25, -0.2) is 14.4 Å². The SMILES string of the molecule is CC[S+]([O-])c1ccccc1-c1nc2cc(-c3cccc(F)c3)cnc2n1C. The number of benzene rings is 2. The van der Waals surface area contributed by atoms with Gasteiger partial charge in [0, 0.05) is 18.8 Å². The van der Waals surface area contributed by atoms with Gasteiger partial charge in [-0.1, -0.05) is 24.3 Å². The summed E-state index contributed by atoms with van der Waals surface area (Å²) in [4.78, 5) is 10.0. The normalized spacial score (nSPS) is 12.4. The minimum absolute atomic E-state index is 0.287. The van der Waals surface area contributed by atoms with Gasteiger partial charge in [-0.05, 0) is 54.0 Å². The van der Waals surface area contributed by atoms with Crippen molar-refractivity contribution in [2.24, 2.45) is 7.05 Å². The van der Waals surface area contributed by atoms with Crippen LogP contribution in [0.15, 0.2) is 65.7 Å². The molecule has 4 aromatic rings. The molecule has 0 fully saturated rings. The standard InChI is InChI=1S/C21H18FN3OS/c1-3-27(26)19-10-5-4-9-17(19)20-24-18-12-15(13-23-21(18)25(20)2)14-7-6-8-16(22)11-14/h4-13H,3H2,1-2H3. The molecule has 0 aliphatic rings. The average molecular weight is 379 g/mol. The van der Waals surface area contributed by atoms with E-state index in [-0.39, 0.29) is 5.82 Å². The highest BCUT2D eigenvalue weighted by atomic mass is 32.2. The summed E-state index contributed by atoms with van der Waals surface area (Å²) in [6.07, 6.45) is 1.72. The Hall–Kier alpha value is -2.70. The molecule has 2 aromatic heterocycles. The van der Waals surface area contributed by atoms with Crippen molar-refractivity contribution >= 4 is 22.3 Å². The molecule has 2 heterocycles. The number of rotatable bonds is 4. The van der Waals surface area contributed by atoms with Crippen molar-refractivity contribution in [2.75, 3.05) is 5.75 Å². The molecule has 0 radical (unpaired) electrons. The topological polar surface area (TPSA) is 53.8 Å². The first-order valence-corrected chi connectivity index (χ1v) is 9.96. The van der Waals surface area contributed by atoms with Crippen LogP contribution in [0.3, 0.4) is 0 Å². The Morgan fingerprint density at radius 3 is 2.67 bits per heavy atom. The minimum Gasteiger partial charge on any atom is -0.611 e. The molecular weight excluding hydrogens is 361 g/mol. The number of hydrogen-bond donors (Lipinski definition) is 0. The third-order valence-electron chi connectivity index (χ3n) is 4.50. The van der Waals surface area contributed by atoms with Gasteiger partial charge in [-0.3, -0.25) is 0 Å². The molecule has 4 nitrogen and oxygen atoms in total. The van der Waals surface area contributed by atoms with E-state index in [9.17, 15) is 8.94 Å². The Morgan fingerprint density at radius 1 is 1.07 bits per heavy atom. The fraction of sp³-hybridized carbons (Fsp3) is 0.143. The minimum atomic E-state index is -1.08. The molecule has 1 atom stereocenters. The van der Waals surface area contributed by atoms with Gasteiger partial charge in [0.15, 0.2) is 10.5 Å². The number of nitrogens with zero attached hydrogens (tertiary/aromatic N) is 3. The summed E-state index contributed by atoms with van der Waals surface area (Å²) in [6.45, 7) is 1.90. The van der Waals surface area contributed by atoms with E-state index in [0.29, 0.717) is 17.1 Å². The van der Waals surface area contributed by atoms with Crippen LogP contribution < -0.4 is 0 Å². The van der Waals surface area contributed by atoms with Gasteiger partial charge < -0.3 is 9.12 Å². The zero-order valence-corrected chi connectivity index (χ0v) is 15.8. The maximum atomic E-state index is 13.5. The van der Waals surface area contributed by atoms with Crippen LogP contribution in [-0.4, -0.2) is 24.8 Å². The van der Waals surface area contributed by atoms with Crippen LogP contribution in [0.4, 0.5) is 4.39 Å². The molecule has 0 bridgehead atoms. The summed E-state index contributed by atoms with van der Waals surface area (Å²) in [7, 11) is 1.89. The Kier molecular flexibility index (Phi) is 4.68. The smallest absolute Gasteiger partial charge is 0.163 e. The Labute approximate surface area is 159 Å². The van der Waals surface area contributed by atoms with Crippen LogP contribution in [0.5, 0.6) is 0 Å². The highest BCUT2D eigenvalue weighted by Crippen LogP contribution is 2.30. The number of halogens is 1. The van der Waals surface area contributed by atoms with Crippen LogP contribution >= 0.6 is 0 Å². The zero-order valence-electron chi connectivity index (χ0n) is 15.0. The number of pyridine rings is 1. The first kappa shape index (κ1) is 17.7. The van der Waals surface area contributed by atoms with Crippen molar-refractivity contribution in [3.8, 4) is 22.5 Å². The lowest BCUT2D eigenvalue weighted by atomic mass is 10.1. The van der Waals surface area contributed by atoms with Crippen molar-refractivity contribution in [1.29, 1.82) is 0 Å². The average Bonchev–Trinajstić information content (AvgIpc) is 3.03. The Bertz CT molecular complexity index is 1130. The summed E-state index contributed by atoms with van der Waals surface area (Å²) in [5.74, 6) is 0.972. The van der Waals surface area contributed by atoms with E-state index in [1.165, 1.54) is 12.1 Å². The molecular formula is C21H18FN3OS. The van der Waals surface area contributed by atoms with Crippen LogP contribution in [0, 0.1) is 5.82 Å². The van der Waals surface area contributed by atoms with Crippen LogP contribution in [0.2, 0.25) is 0 Å². The van der Waals surface area contributed by atoms with Gasteiger partial charge in [0.05, 0.1) is 5.56 Å². The Balaban J connectivity index is 1.86. The summed E-state index contributed by atoms with van der Waals surface area (Å²) in [5.41, 5.74) is 3.83. The molecule has 0 aliphatic heterocycles. The van der Waals surface area contributed by atoms with Crippen LogP contribution in [0.1, 0.15) is 6.92 Å². The molecule has 0 N–H and O–H groups in total. The number of aromatic nitrogens is 3. The van der Waals surface area contributed by atoms with Gasteiger partial charge in [0.1, 0.15) is 22.9 Å². The molecule has 27 heavy (non-hydrogen) atoms. The van der Waals surface area contributed by atoms with Gasteiger partial charge in [0.25, 0.3) is 0 Å². The second kappa shape index (κ2) is 7.13. The number of hydrogen-bond acceptors (Lipinski definition) is 3. The van der Waals surface area contributed by atoms with Crippen molar-refractivity contribution < 1.29 is 8.94 Å². The molecule has 1 unspecified atom stereocenters. The van der Waals surface area contributed by atoms with Crippen molar-refractivity contribution in [1.82, 2.24) is 14.5 Å². The number of aryl methyl sites for hydroxylation is 1. The van der Waals surface area contributed by atoms with E-state index in [2.05, 4.69) is 4.98 Å². The fourth-order valence-electron chi connectivity index (χ4n) is 3.15. The van der Waals surface area contributed by atoms with Crippen LogP contribution in [-0.2, 0) is 18.2 Å². The molecule has 0 amide bonds. The largest absolute Gasteiger partial charge is 0.611 e. The molecule has 4 rings (SSSR count). The van der Waals surface area contributed by atoms with E-state index in [0.717, 1.165) is 27.2 Å². The summed E-state index contributed by atoms with van der Waals surface area (Å²) in [5, 5.41) is 0. The summed E-state index contributed by atoms with van der Waals surface area (Å²) < 4.78 is 27.9. The lowest BCUT2D eigenvalue weighted by Crippen LogP contribution is -2.07. The highest BCUT2D eigenvalue weighted by Gasteiger charge is 2.20. The Morgan fingerprint density at radius 2 is 1.89 bits per heavy atom. The molecule has 0 saturated heterocycles. The fourth-order valence-corrected chi connectivity index (χ4v) is 4.09. The van der Waals surface area contributed by atoms with Gasteiger partial charge in [0.2, 0.25) is 0 Å². The quantitative estimate of drug-likeness (QED) is 0.488. The molecule has 0 aliphatic carbocycles. The highest BCUT2D eigenvalue weighted by molar-refractivity contribution is 7.91. The predicted molar refractivity (Wildman–Crippen MR) is 106 cm³/mol. The van der Waals surface area contributed by atoms with E-state index in [1.807, 2.05) is 54.9 Å². The molecule has 6 heteroatoms. The van der Waals surface area contributed by atoms with Crippen molar-refractivity contribution in [2.45, 2.75) is 11.8 Å². The summed E-state index contributed by atoms with van der Waals surface area (Å²) in [6, 6.07) is 15.9. The number of imidazole rings is 1. The van der Waals surface area contributed by atoms with Gasteiger partial charge >= 0.3 is 0 Å². The second-order valence-electron chi connectivity index (χ2n) is 6.20.